The SMILES string of the molecule is CCOC(=O)c1c(C2CC2)csc1NC(=O)CCc1c(C)c2ccc(OC)cc2oc1=O. The number of carbonyl (C=O) groups is 2. The molecule has 1 saturated carbocycles. The summed E-state index contributed by atoms with van der Waals surface area (Å²) in [7, 11) is 1.55. The summed E-state index contributed by atoms with van der Waals surface area (Å²) < 4.78 is 15.8. The van der Waals surface area contributed by atoms with Crippen LogP contribution in [0.25, 0.3) is 11.0 Å². The Morgan fingerprint density at radius 1 is 1.28 bits per heavy atom. The quantitative estimate of drug-likeness (QED) is 0.387. The van der Waals surface area contributed by atoms with Gasteiger partial charge in [0.05, 0.1) is 19.3 Å². The van der Waals surface area contributed by atoms with Crippen LogP contribution in [0.5, 0.6) is 5.75 Å². The summed E-state index contributed by atoms with van der Waals surface area (Å²) in [6, 6.07) is 5.31. The van der Waals surface area contributed by atoms with Crippen LogP contribution in [-0.2, 0) is 16.0 Å². The Balaban J connectivity index is 1.51. The molecule has 1 amide bonds. The first-order chi connectivity index (χ1) is 15.4. The van der Waals surface area contributed by atoms with Gasteiger partial charge in [-0.15, -0.1) is 11.3 Å². The molecule has 7 nitrogen and oxygen atoms in total. The minimum atomic E-state index is -0.463. The molecule has 3 aromatic rings. The summed E-state index contributed by atoms with van der Waals surface area (Å²) in [5.41, 5.74) is 2.65. The van der Waals surface area contributed by atoms with Gasteiger partial charge in [-0.25, -0.2) is 9.59 Å². The van der Waals surface area contributed by atoms with Crippen LogP contribution >= 0.6 is 11.3 Å². The van der Waals surface area contributed by atoms with Crippen LogP contribution < -0.4 is 15.7 Å². The standard InChI is InChI=1S/C24H25NO6S/c1-4-30-24(28)21-18(14-5-6-14)12-32-22(21)25-20(26)10-9-17-13(2)16-8-7-15(29-3)11-19(16)31-23(17)27/h7-8,11-12,14H,4-6,9-10H2,1-3H3,(H,25,26). The maximum absolute atomic E-state index is 12.7. The number of esters is 1. The number of carbonyl (C=O) groups excluding carboxylic acids is 2. The van der Waals surface area contributed by atoms with Gasteiger partial charge in [-0.05, 0) is 67.7 Å². The van der Waals surface area contributed by atoms with Crippen molar-refractivity contribution in [2.75, 3.05) is 19.0 Å². The highest BCUT2D eigenvalue weighted by Crippen LogP contribution is 2.46. The molecule has 0 bridgehead atoms. The predicted octanol–water partition coefficient (Wildman–Crippen LogP) is 4.80. The zero-order valence-electron chi connectivity index (χ0n) is 18.3. The number of rotatable bonds is 8. The second-order valence-corrected chi connectivity index (χ2v) is 8.67. The number of ether oxygens (including phenoxy) is 2. The zero-order valence-corrected chi connectivity index (χ0v) is 19.1. The van der Waals surface area contributed by atoms with E-state index in [0.29, 0.717) is 33.4 Å². The first kappa shape index (κ1) is 22.1. The molecule has 1 aliphatic carbocycles. The van der Waals surface area contributed by atoms with Crippen LogP contribution in [0.3, 0.4) is 0 Å². The average Bonchev–Trinajstić information content (AvgIpc) is 3.53. The number of nitrogens with one attached hydrogen (secondary N) is 1. The van der Waals surface area contributed by atoms with E-state index in [9.17, 15) is 14.4 Å². The number of fused-ring (bicyclic) bond motifs is 1. The van der Waals surface area contributed by atoms with Gasteiger partial charge < -0.3 is 19.2 Å². The van der Waals surface area contributed by atoms with E-state index >= 15 is 0 Å². The third-order valence-electron chi connectivity index (χ3n) is 5.67. The Hall–Kier alpha value is -3.13. The molecule has 2 aromatic heterocycles. The Bertz CT molecular complexity index is 1240. The second kappa shape index (κ2) is 9.16. The molecule has 1 aromatic carbocycles. The van der Waals surface area contributed by atoms with E-state index in [2.05, 4.69) is 5.32 Å². The number of methoxy groups -OCH3 is 1. The van der Waals surface area contributed by atoms with Crippen molar-refractivity contribution in [1.82, 2.24) is 0 Å². The third kappa shape index (κ3) is 4.41. The van der Waals surface area contributed by atoms with E-state index < -0.39 is 11.6 Å². The van der Waals surface area contributed by atoms with Crippen LogP contribution in [0.2, 0.25) is 0 Å². The van der Waals surface area contributed by atoms with Gasteiger partial charge in [0.15, 0.2) is 0 Å². The molecule has 32 heavy (non-hydrogen) atoms. The molecular weight excluding hydrogens is 430 g/mol. The number of aryl methyl sites for hydroxylation is 1. The highest BCUT2D eigenvalue weighted by Gasteiger charge is 2.32. The topological polar surface area (TPSA) is 94.8 Å². The maximum Gasteiger partial charge on any atom is 0.341 e. The summed E-state index contributed by atoms with van der Waals surface area (Å²) in [6.45, 7) is 3.88. The minimum absolute atomic E-state index is 0.0895. The Morgan fingerprint density at radius 3 is 2.75 bits per heavy atom. The number of hydrogen-bond acceptors (Lipinski definition) is 7. The maximum atomic E-state index is 12.7. The number of anilines is 1. The molecule has 168 valence electrons. The highest BCUT2D eigenvalue weighted by atomic mass is 32.1. The van der Waals surface area contributed by atoms with Crippen LogP contribution in [0, 0.1) is 6.92 Å². The minimum Gasteiger partial charge on any atom is -0.497 e. The molecule has 8 heteroatoms. The van der Waals surface area contributed by atoms with Gasteiger partial charge in [0, 0.05) is 23.4 Å². The smallest absolute Gasteiger partial charge is 0.341 e. The first-order valence-electron chi connectivity index (χ1n) is 10.6. The summed E-state index contributed by atoms with van der Waals surface area (Å²) in [6.07, 6.45) is 2.41. The summed E-state index contributed by atoms with van der Waals surface area (Å²) in [5.74, 6) is 0.284. The van der Waals surface area contributed by atoms with Crippen LogP contribution in [0.4, 0.5) is 5.00 Å². The van der Waals surface area contributed by atoms with Crippen LogP contribution in [-0.4, -0.2) is 25.6 Å². The normalized spacial score (nSPS) is 13.2. The van der Waals surface area contributed by atoms with Crippen molar-refractivity contribution in [3.63, 3.8) is 0 Å². The fourth-order valence-corrected chi connectivity index (χ4v) is 4.84. The van der Waals surface area contributed by atoms with Crippen LogP contribution in [0.15, 0.2) is 32.8 Å². The van der Waals surface area contributed by atoms with Crippen molar-refractivity contribution in [3.8, 4) is 5.75 Å². The first-order valence-corrected chi connectivity index (χ1v) is 11.5. The Kier molecular flexibility index (Phi) is 6.32. The zero-order chi connectivity index (χ0) is 22.8. The number of benzene rings is 1. The van der Waals surface area contributed by atoms with Crippen molar-refractivity contribution < 1.29 is 23.5 Å². The number of hydrogen-bond donors (Lipinski definition) is 1. The monoisotopic (exact) mass is 455 g/mol. The molecule has 0 unspecified atom stereocenters. The second-order valence-electron chi connectivity index (χ2n) is 7.79. The molecule has 4 rings (SSSR count). The molecular formula is C24H25NO6S. The van der Waals surface area contributed by atoms with Crippen molar-refractivity contribution in [1.29, 1.82) is 0 Å². The lowest BCUT2D eigenvalue weighted by Gasteiger charge is -2.10. The van der Waals surface area contributed by atoms with Crippen LogP contribution in [0.1, 0.15) is 59.2 Å². The number of thiophene rings is 1. The van der Waals surface area contributed by atoms with E-state index in [1.807, 2.05) is 18.4 Å². The third-order valence-corrected chi connectivity index (χ3v) is 6.58. The molecule has 1 N–H and O–H groups in total. The van der Waals surface area contributed by atoms with E-state index in [1.54, 1.807) is 26.2 Å². The Labute approximate surface area is 189 Å². The molecule has 1 fully saturated rings. The van der Waals surface area contributed by atoms with Gasteiger partial charge >= 0.3 is 11.6 Å². The van der Waals surface area contributed by atoms with E-state index in [4.69, 9.17) is 13.9 Å². The summed E-state index contributed by atoms with van der Waals surface area (Å²) >= 11 is 1.34. The molecule has 0 spiro atoms. The molecule has 0 radical (unpaired) electrons. The van der Waals surface area contributed by atoms with Gasteiger partial charge in [-0.3, -0.25) is 4.79 Å². The van der Waals surface area contributed by atoms with Gasteiger partial charge in [0.1, 0.15) is 16.3 Å². The lowest BCUT2D eigenvalue weighted by Crippen LogP contribution is -2.18. The molecule has 0 atom stereocenters. The van der Waals surface area contributed by atoms with Crippen molar-refractivity contribution in [3.05, 3.63) is 56.3 Å². The highest BCUT2D eigenvalue weighted by molar-refractivity contribution is 7.15. The van der Waals surface area contributed by atoms with Gasteiger partial charge in [0.25, 0.3) is 0 Å². The van der Waals surface area contributed by atoms with Gasteiger partial charge in [-0.1, -0.05) is 0 Å². The molecule has 1 aliphatic rings. The molecule has 0 aliphatic heterocycles. The van der Waals surface area contributed by atoms with E-state index in [0.717, 1.165) is 29.4 Å². The lowest BCUT2D eigenvalue weighted by molar-refractivity contribution is -0.116. The Morgan fingerprint density at radius 2 is 2.06 bits per heavy atom. The number of amides is 1. The van der Waals surface area contributed by atoms with Crippen molar-refractivity contribution >= 4 is 39.2 Å². The molecule has 0 saturated heterocycles. The fourth-order valence-electron chi connectivity index (χ4n) is 3.79. The van der Waals surface area contributed by atoms with E-state index in [-0.39, 0.29) is 25.4 Å². The van der Waals surface area contributed by atoms with E-state index in [1.165, 1.54) is 11.3 Å². The van der Waals surface area contributed by atoms with Gasteiger partial charge in [-0.2, -0.15) is 0 Å². The predicted molar refractivity (Wildman–Crippen MR) is 123 cm³/mol. The summed E-state index contributed by atoms with van der Waals surface area (Å²) in [5, 5.41) is 6.08. The van der Waals surface area contributed by atoms with Crippen molar-refractivity contribution in [2.24, 2.45) is 0 Å². The lowest BCUT2D eigenvalue weighted by atomic mass is 10.0. The van der Waals surface area contributed by atoms with Gasteiger partial charge in [0.2, 0.25) is 5.91 Å². The fraction of sp³-hybridized carbons (Fsp3) is 0.375. The average molecular weight is 456 g/mol. The summed E-state index contributed by atoms with van der Waals surface area (Å²) in [4.78, 5) is 37.7. The molecule has 2 heterocycles. The van der Waals surface area contributed by atoms with Crippen molar-refractivity contribution in [2.45, 2.75) is 45.4 Å². The largest absolute Gasteiger partial charge is 0.497 e.